The standard InChI is InChI=1S/C27H24N6O/c34-27-29-23-8-4-5-9-24(23)33(27)21-12-16-32(17-13-21)25-18-22(19-6-2-1-3-7-19)26(31-30-25)20-10-14-28-15-11-20/h1-11,14-15,18,21H,12-13,16-17H2,(H,29,34). The van der Waals surface area contributed by atoms with Gasteiger partial charge in [0.25, 0.3) is 0 Å². The maximum absolute atomic E-state index is 12.6. The summed E-state index contributed by atoms with van der Waals surface area (Å²) in [7, 11) is 0. The zero-order chi connectivity index (χ0) is 22.9. The average Bonchev–Trinajstić information content (AvgIpc) is 3.25. The molecule has 5 aromatic rings. The van der Waals surface area contributed by atoms with Crippen LogP contribution in [0.25, 0.3) is 33.4 Å². The number of nitrogens with zero attached hydrogens (tertiary/aromatic N) is 5. The van der Waals surface area contributed by atoms with Gasteiger partial charge in [-0.3, -0.25) is 9.55 Å². The average molecular weight is 449 g/mol. The lowest BCUT2D eigenvalue weighted by molar-refractivity contribution is 0.395. The van der Waals surface area contributed by atoms with Crippen molar-refractivity contribution < 1.29 is 0 Å². The predicted octanol–water partition coefficient (Wildman–Crippen LogP) is 4.69. The number of H-pyrrole nitrogens is 1. The Hall–Kier alpha value is -4.26. The third-order valence-electron chi connectivity index (χ3n) is 6.60. The first kappa shape index (κ1) is 20.4. The van der Waals surface area contributed by atoms with E-state index in [9.17, 15) is 4.79 Å². The fraction of sp³-hybridized carbons (Fsp3) is 0.185. The van der Waals surface area contributed by atoms with E-state index in [1.807, 2.05) is 59.2 Å². The smallest absolute Gasteiger partial charge is 0.326 e. The van der Waals surface area contributed by atoms with Crippen LogP contribution in [0.1, 0.15) is 18.9 Å². The molecule has 2 aromatic carbocycles. The molecule has 1 fully saturated rings. The summed E-state index contributed by atoms with van der Waals surface area (Å²) in [5.74, 6) is 0.862. The Bertz CT molecular complexity index is 1480. The van der Waals surface area contributed by atoms with E-state index in [4.69, 9.17) is 0 Å². The molecule has 0 amide bonds. The number of anilines is 1. The lowest BCUT2D eigenvalue weighted by atomic mass is 10.00. The van der Waals surface area contributed by atoms with Gasteiger partial charge in [-0.05, 0) is 48.7 Å². The summed E-state index contributed by atoms with van der Waals surface area (Å²) in [5, 5.41) is 9.25. The number of pyridine rings is 1. The maximum Gasteiger partial charge on any atom is 0.326 e. The molecule has 3 aromatic heterocycles. The molecular weight excluding hydrogens is 424 g/mol. The molecule has 168 valence electrons. The fourth-order valence-corrected chi connectivity index (χ4v) is 4.89. The van der Waals surface area contributed by atoms with E-state index in [0.29, 0.717) is 0 Å². The molecule has 1 aliphatic heterocycles. The van der Waals surface area contributed by atoms with Gasteiger partial charge in [0.15, 0.2) is 5.82 Å². The van der Waals surface area contributed by atoms with E-state index in [1.54, 1.807) is 12.4 Å². The first-order chi connectivity index (χ1) is 16.8. The Kier molecular flexibility index (Phi) is 5.14. The van der Waals surface area contributed by atoms with Gasteiger partial charge < -0.3 is 9.88 Å². The van der Waals surface area contributed by atoms with Gasteiger partial charge in [0.1, 0.15) is 5.69 Å². The van der Waals surface area contributed by atoms with Crippen molar-refractivity contribution in [2.75, 3.05) is 18.0 Å². The van der Waals surface area contributed by atoms with Crippen LogP contribution in [0.4, 0.5) is 5.82 Å². The van der Waals surface area contributed by atoms with Crippen LogP contribution in [0.2, 0.25) is 0 Å². The Morgan fingerprint density at radius 2 is 1.56 bits per heavy atom. The van der Waals surface area contributed by atoms with Crippen LogP contribution < -0.4 is 10.6 Å². The van der Waals surface area contributed by atoms with E-state index in [0.717, 1.165) is 65.2 Å². The van der Waals surface area contributed by atoms with Crippen molar-refractivity contribution in [2.24, 2.45) is 0 Å². The molecule has 0 spiro atoms. The van der Waals surface area contributed by atoms with Crippen LogP contribution in [0.3, 0.4) is 0 Å². The molecule has 4 heterocycles. The van der Waals surface area contributed by atoms with Crippen molar-refractivity contribution in [1.82, 2.24) is 24.7 Å². The van der Waals surface area contributed by atoms with E-state index in [2.05, 4.69) is 43.3 Å². The summed E-state index contributed by atoms with van der Waals surface area (Å²) >= 11 is 0. The SMILES string of the molecule is O=c1[nH]c2ccccc2n1C1CCN(c2cc(-c3ccccc3)c(-c3ccncc3)nn2)CC1. The molecule has 0 aliphatic carbocycles. The third kappa shape index (κ3) is 3.65. The summed E-state index contributed by atoms with van der Waals surface area (Å²) in [6.45, 7) is 1.63. The van der Waals surface area contributed by atoms with Crippen LogP contribution in [-0.4, -0.2) is 37.8 Å². The Morgan fingerprint density at radius 1 is 0.824 bits per heavy atom. The van der Waals surface area contributed by atoms with E-state index < -0.39 is 0 Å². The van der Waals surface area contributed by atoms with Crippen molar-refractivity contribution in [3.05, 3.63) is 95.7 Å². The van der Waals surface area contributed by atoms with Crippen molar-refractivity contribution in [3.63, 3.8) is 0 Å². The van der Waals surface area contributed by atoms with Gasteiger partial charge in [-0.15, -0.1) is 10.2 Å². The minimum atomic E-state index is -0.0347. The van der Waals surface area contributed by atoms with Crippen LogP contribution in [0, 0.1) is 0 Å². The highest BCUT2D eigenvalue weighted by molar-refractivity contribution is 5.82. The highest BCUT2D eigenvalue weighted by Gasteiger charge is 2.25. The highest BCUT2D eigenvalue weighted by atomic mass is 16.1. The van der Waals surface area contributed by atoms with E-state index in [1.165, 1.54) is 0 Å². The number of fused-ring (bicyclic) bond motifs is 1. The number of piperidine rings is 1. The molecule has 0 saturated carbocycles. The summed E-state index contributed by atoms with van der Waals surface area (Å²) in [5.41, 5.74) is 5.81. The number of hydrogen-bond donors (Lipinski definition) is 1. The lowest BCUT2D eigenvalue weighted by Gasteiger charge is -2.33. The first-order valence-corrected chi connectivity index (χ1v) is 11.6. The molecule has 7 heteroatoms. The second kappa shape index (κ2) is 8.59. The number of nitrogens with one attached hydrogen (secondary N) is 1. The number of imidazole rings is 1. The summed E-state index contributed by atoms with van der Waals surface area (Å²) in [4.78, 5) is 22.0. The number of benzene rings is 2. The first-order valence-electron chi connectivity index (χ1n) is 11.6. The van der Waals surface area contributed by atoms with Crippen molar-refractivity contribution in [3.8, 4) is 22.4 Å². The van der Waals surface area contributed by atoms with Crippen LogP contribution in [0.15, 0.2) is 90.0 Å². The Labute approximate surface area is 196 Å². The van der Waals surface area contributed by atoms with Crippen molar-refractivity contribution in [1.29, 1.82) is 0 Å². The quantitative estimate of drug-likeness (QED) is 0.431. The van der Waals surface area contributed by atoms with Gasteiger partial charge in [-0.1, -0.05) is 42.5 Å². The minimum Gasteiger partial charge on any atom is -0.355 e. The second-order valence-electron chi connectivity index (χ2n) is 8.60. The summed E-state index contributed by atoms with van der Waals surface area (Å²) < 4.78 is 1.92. The maximum atomic E-state index is 12.6. The zero-order valence-corrected chi connectivity index (χ0v) is 18.6. The molecule has 1 saturated heterocycles. The molecule has 0 atom stereocenters. The lowest BCUT2D eigenvalue weighted by Crippen LogP contribution is -2.37. The topological polar surface area (TPSA) is 79.7 Å². The molecular formula is C27H24N6O. The normalized spacial score (nSPS) is 14.5. The highest BCUT2D eigenvalue weighted by Crippen LogP contribution is 2.33. The zero-order valence-electron chi connectivity index (χ0n) is 18.6. The number of hydrogen-bond acceptors (Lipinski definition) is 5. The summed E-state index contributed by atoms with van der Waals surface area (Å²) in [6, 6.07) is 24.4. The minimum absolute atomic E-state index is 0.0347. The number of para-hydroxylation sites is 2. The number of aromatic nitrogens is 5. The Balaban J connectivity index is 1.30. The van der Waals surface area contributed by atoms with Crippen molar-refractivity contribution >= 4 is 16.9 Å². The van der Waals surface area contributed by atoms with Gasteiger partial charge in [-0.2, -0.15) is 0 Å². The van der Waals surface area contributed by atoms with Gasteiger partial charge in [-0.25, -0.2) is 4.79 Å². The van der Waals surface area contributed by atoms with Gasteiger partial charge in [0.2, 0.25) is 0 Å². The van der Waals surface area contributed by atoms with Crippen molar-refractivity contribution in [2.45, 2.75) is 18.9 Å². The van der Waals surface area contributed by atoms with Gasteiger partial charge in [0.05, 0.1) is 11.0 Å². The van der Waals surface area contributed by atoms with Crippen LogP contribution in [-0.2, 0) is 0 Å². The number of aromatic amines is 1. The molecule has 1 N–H and O–H groups in total. The Morgan fingerprint density at radius 3 is 2.35 bits per heavy atom. The molecule has 7 nitrogen and oxygen atoms in total. The monoisotopic (exact) mass is 448 g/mol. The van der Waals surface area contributed by atoms with E-state index in [-0.39, 0.29) is 11.7 Å². The van der Waals surface area contributed by atoms with Crippen LogP contribution in [0.5, 0.6) is 0 Å². The number of rotatable bonds is 4. The molecule has 1 aliphatic rings. The third-order valence-corrected chi connectivity index (χ3v) is 6.60. The molecule has 0 radical (unpaired) electrons. The van der Waals surface area contributed by atoms with Crippen LogP contribution >= 0.6 is 0 Å². The molecule has 0 unspecified atom stereocenters. The molecule has 34 heavy (non-hydrogen) atoms. The van der Waals surface area contributed by atoms with E-state index >= 15 is 0 Å². The second-order valence-corrected chi connectivity index (χ2v) is 8.60. The molecule has 6 rings (SSSR count). The largest absolute Gasteiger partial charge is 0.355 e. The predicted molar refractivity (Wildman–Crippen MR) is 134 cm³/mol. The molecule has 0 bridgehead atoms. The van der Waals surface area contributed by atoms with Gasteiger partial charge >= 0.3 is 5.69 Å². The fourth-order valence-electron chi connectivity index (χ4n) is 4.89. The van der Waals surface area contributed by atoms with Gasteiger partial charge in [0, 0.05) is 42.7 Å². The summed E-state index contributed by atoms with van der Waals surface area (Å²) in [6.07, 6.45) is 5.29.